The number of benzene rings is 1. The molecule has 0 atom stereocenters. The number of hydrogen-bond donors (Lipinski definition) is 1. The number of nitrogens with one attached hydrogen (secondary N) is 1. The molecule has 1 saturated heterocycles. The van der Waals surface area contributed by atoms with Crippen LogP contribution in [0.25, 0.3) is 22.4 Å². The van der Waals surface area contributed by atoms with E-state index in [0.717, 1.165) is 25.1 Å². The van der Waals surface area contributed by atoms with Crippen LogP contribution < -0.4 is 10.3 Å². The first-order valence-corrected chi connectivity index (χ1v) is 15.5. The van der Waals surface area contributed by atoms with Crippen molar-refractivity contribution < 1.29 is 13.2 Å². The normalized spacial score (nSPS) is 15.0. The van der Waals surface area contributed by atoms with Gasteiger partial charge in [0.05, 0.1) is 41.2 Å². The maximum Gasteiger partial charge on any atom is 0.279 e. The molecule has 0 spiro atoms. The number of aryl methyl sites for hydroxylation is 1. The van der Waals surface area contributed by atoms with Gasteiger partial charge in [0.25, 0.3) is 5.56 Å². The van der Waals surface area contributed by atoms with Crippen LogP contribution >= 0.6 is 0 Å². The summed E-state index contributed by atoms with van der Waals surface area (Å²) in [5.41, 5.74) is 2.20. The number of likely N-dealkylation sites (N-methyl/N-ethyl adjacent to an activating group) is 1. The largest absolute Gasteiger partial charge is 0.493 e. The number of fused-ring (bicyclic) bond motifs is 1. The van der Waals surface area contributed by atoms with Gasteiger partial charge in [-0.15, -0.1) is 0 Å². The Labute approximate surface area is 239 Å². The molecule has 13 heteroatoms. The van der Waals surface area contributed by atoms with Gasteiger partial charge in [0.1, 0.15) is 17.1 Å². The molecule has 1 fully saturated rings. The highest BCUT2D eigenvalue weighted by molar-refractivity contribution is 7.89. The third-order valence-corrected chi connectivity index (χ3v) is 9.09. The standard InChI is InChI=1S/C28H36N8O4S/c1-4-7-23-25-26(33-36(23)19-20-18-29-10-11-30-20)28(37)32-27(31-25)22-17-21(8-9-24(22)40-16-5-2)41(38,39)35-14-12-34(6-3)13-15-35/h8-11,17-18H,4-7,12-16,19H2,1-3H3,(H,31,32,37). The molecule has 1 aliphatic heterocycles. The van der Waals surface area contributed by atoms with Crippen molar-refractivity contribution >= 4 is 21.1 Å². The first kappa shape index (κ1) is 28.8. The Balaban J connectivity index is 1.60. The quantitative estimate of drug-likeness (QED) is 0.284. The first-order valence-electron chi connectivity index (χ1n) is 14.1. The second-order valence-electron chi connectivity index (χ2n) is 10.0. The number of aromatic amines is 1. The van der Waals surface area contributed by atoms with E-state index in [9.17, 15) is 13.2 Å². The minimum absolute atomic E-state index is 0.135. The Hall–Kier alpha value is -3.68. The van der Waals surface area contributed by atoms with Gasteiger partial charge in [-0.1, -0.05) is 27.2 Å². The van der Waals surface area contributed by atoms with E-state index in [-0.39, 0.29) is 16.2 Å². The zero-order chi connectivity index (χ0) is 29.0. The van der Waals surface area contributed by atoms with E-state index in [1.807, 2.05) is 13.8 Å². The maximum atomic E-state index is 13.6. The Morgan fingerprint density at radius 1 is 1.02 bits per heavy atom. The number of sulfonamides is 1. The molecule has 1 aliphatic rings. The summed E-state index contributed by atoms with van der Waals surface area (Å²) in [5.74, 6) is 0.686. The zero-order valence-electron chi connectivity index (χ0n) is 23.7. The van der Waals surface area contributed by atoms with Gasteiger partial charge in [0.2, 0.25) is 10.0 Å². The van der Waals surface area contributed by atoms with Crippen LogP contribution in [0.3, 0.4) is 0 Å². The number of rotatable bonds is 11. The molecule has 4 aromatic rings. The van der Waals surface area contributed by atoms with Crippen LogP contribution in [0.4, 0.5) is 0 Å². The van der Waals surface area contributed by atoms with Crippen LogP contribution in [-0.4, -0.2) is 86.7 Å². The van der Waals surface area contributed by atoms with E-state index in [1.54, 1.807) is 41.5 Å². The average Bonchev–Trinajstić information content (AvgIpc) is 3.33. The Kier molecular flexibility index (Phi) is 8.76. The highest BCUT2D eigenvalue weighted by Crippen LogP contribution is 2.32. The number of aromatic nitrogens is 6. The van der Waals surface area contributed by atoms with Crippen molar-refractivity contribution in [2.24, 2.45) is 0 Å². The summed E-state index contributed by atoms with van der Waals surface area (Å²) >= 11 is 0. The predicted octanol–water partition coefficient (Wildman–Crippen LogP) is 2.69. The minimum Gasteiger partial charge on any atom is -0.493 e. The summed E-state index contributed by atoms with van der Waals surface area (Å²) in [7, 11) is -3.76. The van der Waals surface area contributed by atoms with Crippen molar-refractivity contribution in [3.05, 3.63) is 58.5 Å². The van der Waals surface area contributed by atoms with Gasteiger partial charge in [-0.25, -0.2) is 13.4 Å². The SMILES string of the molecule is CCCOc1ccc(S(=O)(=O)N2CCN(CC)CC2)cc1-c1nc2c(CCC)n(Cc3cnccn3)nc2c(=O)[nH]1. The van der Waals surface area contributed by atoms with E-state index in [0.29, 0.717) is 68.3 Å². The third-order valence-electron chi connectivity index (χ3n) is 7.20. The number of piperazine rings is 1. The van der Waals surface area contributed by atoms with Crippen LogP contribution in [0.5, 0.6) is 5.75 Å². The molecule has 0 amide bonds. The van der Waals surface area contributed by atoms with Gasteiger partial charge in [-0.05, 0) is 37.6 Å². The van der Waals surface area contributed by atoms with Gasteiger partial charge in [0.15, 0.2) is 5.52 Å². The van der Waals surface area contributed by atoms with Gasteiger partial charge in [-0.3, -0.25) is 19.4 Å². The molecule has 0 radical (unpaired) electrons. The van der Waals surface area contributed by atoms with Crippen molar-refractivity contribution in [1.82, 2.24) is 38.9 Å². The van der Waals surface area contributed by atoms with E-state index >= 15 is 0 Å². The lowest BCUT2D eigenvalue weighted by Gasteiger charge is -2.33. The van der Waals surface area contributed by atoms with Gasteiger partial charge in [-0.2, -0.15) is 9.40 Å². The molecule has 0 bridgehead atoms. The molecule has 12 nitrogen and oxygen atoms in total. The van der Waals surface area contributed by atoms with Crippen molar-refractivity contribution in [3.8, 4) is 17.1 Å². The van der Waals surface area contributed by atoms with Crippen LogP contribution in [0.1, 0.15) is 45.0 Å². The average molecular weight is 581 g/mol. The molecular weight excluding hydrogens is 544 g/mol. The number of nitrogens with zero attached hydrogens (tertiary/aromatic N) is 7. The molecule has 218 valence electrons. The van der Waals surface area contributed by atoms with Crippen LogP contribution in [0.15, 0.2) is 46.5 Å². The zero-order valence-corrected chi connectivity index (χ0v) is 24.5. The van der Waals surface area contributed by atoms with Crippen molar-refractivity contribution in [1.29, 1.82) is 0 Å². The van der Waals surface area contributed by atoms with E-state index < -0.39 is 15.6 Å². The van der Waals surface area contributed by atoms with Gasteiger partial charge >= 0.3 is 0 Å². The van der Waals surface area contributed by atoms with Gasteiger partial charge < -0.3 is 14.6 Å². The Morgan fingerprint density at radius 2 is 1.83 bits per heavy atom. The molecule has 4 heterocycles. The number of hydrogen-bond acceptors (Lipinski definition) is 9. The monoisotopic (exact) mass is 580 g/mol. The molecule has 0 aliphatic carbocycles. The maximum absolute atomic E-state index is 13.6. The lowest BCUT2D eigenvalue weighted by atomic mass is 10.1. The van der Waals surface area contributed by atoms with Crippen molar-refractivity contribution in [3.63, 3.8) is 0 Å². The van der Waals surface area contributed by atoms with Crippen molar-refractivity contribution in [2.45, 2.75) is 51.5 Å². The summed E-state index contributed by atoms with van der Waals surface area (Å²) < 4.78 is 36.5. The fraction of sp³-hybridized carbons (Fsp3) is 0.464. The molecule has 1 aromatic carbocycles. The second-order valence-corrected chi connectivity index (χ2v) is 11.9. The lowest BCUT2D eigenvalue weighted by molar-refractivity contribution is 0.196. The minimum atomic E-state index is -3.76. The fourth-order valence-corrected chi connectivity index (χ4v) is 6.45. The van der Waals surface area contributed by atoms with Crippen LogP contribution in [0, 0.1) is 0 Å². The highest BCUT2D eigenvalue weighted by atomic mass is 32.2. The summed E-state index contributed by atoms with van der Waals surface area (Å²) in [6.45, 7) is 9.99. The predicted molar refractivity (Wildman–Crippen MR) is 155 cm³/mol. The topological polar surface area (TPSA) is 139 Å². The molecule has 41 heavy (non-hydrogen) atoms. The molecule has 5 rings (SSSR count). The molecule has 3 aromatic heterocycles. The highest BCUT2D eigenvalue weighted by Gasteiger charge is 2.29. The lowest BCUT2D eigenvalue weighted by Crippen LogP contribution is -2.48. The van der Waals surface area contributed by atoms with E-state index in [2.05, 4.69) is 31.9 Å². The third kappa shape index (κ3) is 6.02. The Morgan fingerprint density at radius 3 is 2.51 bits per heavy atom. The van der Waals surface area contributed by atoms with Crippen LogP contribution in [0.2, 0.25) is 0 Å². The van der Waals surface area contributed by atoms with E-state index in [1.165, 1.54) is 4.31 Å². The summed E-state index contributed by atoms with van der Waals surface area (Å²) in [4.78, 5) is 31.8. The summed E-state index contributed by atoms with van der Waals surface area (Å²) in [6, 6.07) is 4.77. The number of ether oxygens (including phenoxy) is 1. The second kappa shape index (κ2) is 12.5. The summed E-state index contributed by atoms with van der Waals surface area (Å²) in [5, 5.41) is 4.57. The van der Waals surface area contributed by atoms with E-state index in [4.69, 9.17) is 9.72 Å². The molecule has 1 N–H and O–H groups in total. The first-order chi connectivity index (χ1) is 19.8. The number of H-pyrrole nitrogens is 1. The molecule has 0 saturated carbocycles. The Bertz CT molecular complexity index is 1660. The van der Waals surface area contributed by atoms with Gasteiger partial charge in [0, 0.05) is 38.6 Å². The van der Waals surface area contributed by atoms with Crippen molar-refractivity contribution in [2.75, 3.05) is 39.3 Å². The summed E-state index contributed by atoms with van der Waals surface area (Å²) in [6.07, 6.45) is 7.10. The smallest absolute Gasteiger partial charge is 0.279 e. The van der Waals surface area contributed by atoms with Crippen LogP contribution in [-0.2, 0) is 23.0 Å². The molecule has 0 unspecified atom stereocenters. The fourth-order valence-electron chi connectivity index (χ4n) is 5.00. The molecular formula is C28H36N8O4S.